The maximum absolute atomic E-state index is 5.78. The van der Waals surface area contributed by atoms with E-state index in [0.29, 0.717) is 6.04 Å². The molecule has 0 aromatic heterocycles. The lowest BCUT2D eigenvalue weighted by molar-refractivity contribution is -0.164. The Hall–Kier alpha value is -0.120. The van der Waals surface area contributed by atoms with Crippen LogP contribution in [0.5, 0.6) is 0 Å². The minimum absolute atomic E-state index is 0.169. The highest BCUT2D eigenvalue weighted by atomic mass is 16.5. The van der Waals surface area contributed by atoms with Crippen molar-refractivity contribution < 1.29 is 4.74 Å². The molecule has 2 saturated heterocycles. The van der Waals surface area contributed by atoms with E-state index in [1.54, 1.807) is 0 Å². The van der Waals surface area contributed by atoms with Gasteiger partial charge >= 0.3 is 0 Å². The fourth-order valence-corrected chi connectivity index (χ4v) is 1.97. The Bertz CT molecular complexity index is 156. The second-order valence-corrected chi connectivity index (χ2v) is 4.21. The highest BCUT2D eigenvalue weighted by Crippen LogP contribution is 2.27. The maximum Gasteiger partial charge on any atom is 0.106 e. The average Bonchev–Trinajstić information content (AvgIpc) is 2.01. The van der Waals surface area contributed by atoms with E-state index >= 15 is 0 Å². The predicted octanol–water partition coefficient (Wildman–Crippen LogP) is 0.0690. The molecule has 1 N–H and O–H groups in total. The van der Waals surface area contributed by atoms with Crippen molar-refractivity contribution in [2.24, 2.45) is 0 Å². The zero-order chi connectivity index (χ0) is 8.60. The normalized spacial score (nSPS) is 29.2. The molecule has 2 aliphatic heterocycles. The molecule has 0 unspecified atom stereocenters. The van der Waals surface area contributed by atoms with Gasteiger partial charge in [0.15, 0.2) is 0 Å². The lowest BCUT2D eigenvalue weighted by Gasteiger charge is -2.53. The van der Waals surface area contributed by atoms with Gasteiger partial charge in [-0.05, 0) is 13.8 Å². The zero-order valence-corrected chi connectivity index (χ0v) is 7.97. The van der Waals surface area contributed by atoms with Gasteiger partial charge in [0.1, 0.15) is 5.60 Å². The number of likely N-dealkylation sites (tertiary alicyclic amines) is 1. The molecule has 1 spiro atoms. The first-order valence-electron chi connectivity index (χ1n) is 4.81. The van der Waals surface area contributed by atoms with E-state index in [0.717, 1.165) is 32.8 Å². The van der Waals surface area contributed by atoms with Crippen LogP contribution in [0.3, 0.4) is 0 Å². The van der Waals surface area contributed by atoms with Gasteiger partial charge in [-0.3, -0.25) is 4.90 Å². The molecule has 0 bridgehead atoms. The molecule has 2 fully saturated rings. The van der Waals surface area contributed by atoms with Crippen molar-refractivity contribution in [3.05, 3.63) is 0 Å². The minimum atomic E-state index is 0.169. The van der Waals surface area contributed by atoms with Crippen molar-refractivity contribution in [1.29, 1.82) is 0 Å². The summed E-state index contributed by atoms with van der Waals surface area (Å²) < 4.78 is 5.78. The molecule has 0 saturated carbocycles. The maximum atomic E-state index is 5.78. The van der Waals surface area contributed by atoms with Gasteiger partial charge in [0.2, 0.25) is 0 Å². The van der Waals surface area contributed by atoms with Crippen molar-refractivity contribution >= 4 is 0 Å². The molecule has 3 nitrogen and oxygen atoms in total. The van der Waals surface area contributed by atoms with Gasteiger partial charge in [-0.25, -0.2) is 0 Å². The molecule has 0 aromatic rings. The molecule has 2 rings (SSSR count). The molecule has 0 aromatic carbocycles. The van der Waals surface area contributed by atoms with Crippen LogP contribution in [0, 0.1) is 0 Å². The Morgan fingerprint density at radius 1 is 1.42 bits per heavy atom. The average molecular weight is 170 g/mol. The van der Waals surface area contributed by atoms with Crippen LogP contribution in [-0.4, -0.2) is 49.3 Å². The van der Waals surface area contributed by atoms with E-state index < -0.39 is 0 Å². The Morgan fingerprint density at radius 2 is 2.17 bits per heavy atom. The number of hydrogen-bond acceptors (Lipinski definition) is 3. The summed E-state index contributed by atoms with van der Waals surface area (Å²) in [6.07, 6.45) is 0. The summed E-state index contributed by atoms with van der Waals surface area (Å²) in [5.74, 6) is 0. The first kappa shape index (κ1) is 8.48. The summed E-state index contributed by atoms with van der Waals surface area (Å²) in [6, 6.07) is 0.668. The Morgan fingerprint density at radius 3 is 2.67 bits per heavy atom. The lowest BCUT2D eigenvalue weighted by atomic mass is 9.91. The third-order valence-electron chi connectivity index (χ3n) is 2.85. The molecule has 2 aliphatic rings. The van der Waals surface area contributed by atoms with Gasteiger partial charge < -0.3 is 10.1 Å². The second kappa shape index (κ2) is 2.98. The van der Waals surface area contributed by atoms with Gasteiger partial charge in [0.25, 0.3) is 0 Å². The Balaban J connectivity index is 1.84. The van der Waals surface area contributed by atoms with Crippen molar-refractivity contribution in [2.75, 3.05) is 32.8 Å². The van der Waals surface area contributed by atoms with E-state index in [1.807, 2.05) is 0 Å². The highest BCUT2D eigenvalue weighted by molar-refractivity contribution is 5.01. The van der Waals surface area contributed by atoms with Crippen molar-refractivity contribution in [1.82, 2.24) is 10.2 Å². The van der Waals surface area contributed by atoms with Crippen molar-refractivity contribution in [2.45, 2.75) is 25.5 Å². The summed E-state index contributed by atoms with van der Waals surface area (Å²) in [7, 11) is 0. The summed E-state index contributed by atoms with van der Waals surface area (Å²) in [5.41, 5.74) is 0.169. The van der Waals surface area contributed by atoms with Gasteiger partial charge in [-0.2, -0.15) is 0 Å². The van der Waals surface area contributed by atoms with E-state index in [-0.39, 0.29) is 5.60 Å². The van der Waals surface area contributed by atoms with Gasteiger partial charge in [0, 0.05) is 32.2 Å². The molecular formula is C9H18N2O. The van der Waals surface area contributed by atoms with Crippen LogP contribution in [0.4, 0.5) is 0 Å². The first-order valence-corrected chi connectivity index (χ1v) is 4.81. The summed E-state index contributed by atoms with van der Waals surface area (Å²) in [4.78, 5) is 2.45. The van der Waals surface area contributed by atoms with E-state index in [2.05, 4.69) is 24.1 Å². The Labute approximate surface area is 74.1 Å². The van der Waals surface area contributed by atoms with Crippen LogP contribution in [0.25, 0.3) is 0 Å². The quantitative estimate of drug-likeness (QED) is 0.602. The minimum Gasteiger partial charge on any atom is -0.370 e. The van der Waals surface area contributed by atoms with Crippen LogP contribution in [0.2, 0.25) is 0 Å². The largest absolute Gasteiger partial charge is 0.370 e. The molecule has 3 heteroatoms. The summed E-state index contributed by atoms with van der Waals surface area (Å²) >= 11 is 0. The van der Waals surface area contributed by atoms with Gasteiger partial charge in [-0.15, -0.1) is 0 Å². The second-order valence-electron chi connectivity index (χ2n) is 4.21. The van der Waals surface area contributed by atoms with Gasteiger partial charge in [0.05, 0.1) is 6.61 Å². The third-order valence-corrected chi connectivity index (χ3v) is 2.85. The number of morpholine rings is 1. The fraction of sp³-hybridized carbons (Fsp3) is 1.00. The molecule has 0 atom stereocenters. The number of rotatable bonds is 1. The Kier molecular flexibility index (Phi) is 2.10. The molecule has 70 valence electrons. The lowest BCUT2D eigenvalue weighted by Crippen LogP contribution is -2.70. The zero-order valence-electron chi connectivity index (χ0n) is 7.97. The van der Waals surface area contributed by atoms with Crippen LogP contribution >= 0.6 is 0 Å². The van der Waals surface area contributed by atoms with Crippen LogP contribution in [-0.2, 0) is 4.74 Å². The first-order chi connectivity index (χ1) is 5.72. The SMILES string of the molecule is CC(C)N1CC2(CNCCO2)C1. The van der Waals surface area contributed by atoms with E-state index in [9.17, 15) is 0 Å². The topological polar surface area (TPSA) is 24.5 Å². The molecular weight excluding hydrogens is 152 g/mol. The molecule has 12 heavy (non-hydrogen) atoms. The predicted molar refractivity (Wildman–Crippen MR) is 48.3 cm³/mol. The van der Waals surface area contributed by atoms with E-state index in [4.69, 9.17) is 4.74 Å². The number of nitrogens with zero attached hydrogens (tertiary/aromatic N) is 1. The molecule has 2 heterocycles. The van der Waals surface area contributed by atoms with Crippen molar-refractivity contribution in [3.63, 3.8) is 0 Å². The summed E-state index contributed by atoms with van der Waals surface area (Å²) in [5, 5.41) is 3.39. The smallest absolute Gasteiger partial charge is 0.106 e. The molecule has 0 radical (unpaired) electrons. The van der Waals surface area contributed by atoms with Gasteiger partial charge in [-0.1, -0.05) is 0 Å². The fourth-order valence-electron chi connectivity index (χ4n) is 1.97. The number of ether oxygens (including phenoxy) is 1. The molecule has 0 amide bonds. The van der Waals surface area contributed by atoms with Crippen LogP contribution in [0.15, 0.2) is 0 Å². The third kappa shape index (κ3) is 1.37. The standard InChI is InChI=1S/C9H18N2O/c1-8(2)11-6-9(7-11)5-10-3-4-12-9/h8,10H,3-7H2,1-2H3. The van der Waals surface area contributed by atoms with Crippen LogP contribution in [0.1, 0.15) is 13.8 Å². The highest BCUT2D eigenvalue weighted by Gasteiger charge is 2.45. The monoisotopic (exact) mass is 170 g/mol. The molecule has 0 aliphatic carbocycles. The van der Waals surface area contributed by atoms with Crippen LogP contribution < -0.4 is 5.32 Å². The number of hydrogen-bond donors (Lipinski definition) is 1. The van der Waals surface area contributed by atoms with E-state index in [1.165, 1.54) is 0 Å². The van der Waals surface area contributed by atoms with Crippen molar-refractivity contribution in [3.8, 4) is 0 Å². The summed E-state index contributed by atoms with van der Waals surface area (Å²) in [6.45, 7) is 9.63. The number of nitrogens with one attached hydrogen (secondary N) is 1.